The van der Waals surface area contributed by atoms with Crippen LogP contribution in [0.1, 0.15) is 50.7 Å². The predicted molar refractivity (Wildman–Crippen MR) is 214 cm³/mol. The Kier molecular flexibility index (Phi) is 8.15. The lowest BCUT2D eigenvalue weighted by atomic mass is 9.99. The molecule has 1 aromatic heterocycles. The molecular weight excluding hydrogens is 613 g/mol. The highest BCUT2D eigenvalue weighted by molar-refractivity contribution is 7.26. The first-order valence-electron chi connectivity index (χ1n) is 17.2. The minimum atomic E-state index is 0.483. The van der Waals surface area contributed by atoms with E-state index in [0.29, 0.717) is 11.8 Å². The van der Waals surface area contributed by atoms with E-state index in [9.17, 15) is 0 Å². The average molecular weight is 653 g/mol. The second kappa shape index (κ2) is 12.9. The van der Waals surface area contributed by atoms with Crippen LogP contribution in [0.15, 0.2) is 158 Å². The van der Waals surface area contributed by atoms with Crippen LogP contribution in [0.2, 0.25) is 0 Å². The van der Waals surface area contributed by atoms with Gasteiger partial charge in [0.15, 0.2) is 0 Å². The van der Waals surface area contributed by atoms with Crippen LogP contribution in [-0.2, 0) is 0 Å². The summed E-state index contributed by atoms with van der Waals surface area (Å²) in [7, 11) is 0. The third-order valence-electron chi connectivity index (χ3n) is 9.60. The van der Waals surface area contributed by atoms with E-state index in [0.717, 1.165) is 28.4 Å². The number of para-hydroxylation sites is 2. The third kappa shape index (κ3) is 5.75. The summed E-state index contributed by atoms with van der Waals surface area (Å²) in [4.78, 5) is 4.79. The molecule has 0 fully saturated rings. The second-order valence-corrected chi connectivity index (χ2v) is 14.5. The van der Waals surface area contributed by atoms with Gasteiger partial charge >= 0.3 is 0 Å². The molecular formula is C46H40N2S. The van der Waals surface area contributed by atoms with Gasteiger partial charge in [-0.25, -0.2) is 0 Å². The van der Waals surface area contributed by atoms with Crippen LogP contribution in [-0.4, -0.2) is 0 Å². The Morgan fingerprint density at radius 3 is 1.43 bits per heavy atom. The van der Waals surface area contributed by atoms with Crippen molar-refractivity contribution in [3.05, 3.63) is 169 Å². The van der Waals surface area contributed by atoms with E-state index in [2.05, 4.69) is 195 Å². The minimum absolute atomic E-state index is 0.483. The summed E-state index contributed by atoms with van der Waals surface area (Å²) >= 11 is 1.88. The Balaban J connectivity index is 1.33. The fourth-order valence-electron chi connectivity index (χ4n) is 6.98. The highest BCUT2D eigenvalue weighted by atomic mass is 32.1. The lowest BCUT2D eigenvalue weighted by Crippen LogP contribution is -2.10. The minimum Gasteiger partial charge on any atom is -0.310 e. The lowest BCUT2D eigenvalue weighted by molar-refractivity contribution is 0.866. The fraction of sp³-hybridized carbons (Fsp3) is 0.130. The van der Waals surface area contributed by atoms with E-state index >= 15 is 0 Å². The van der Waals surface area contributed by atoms with Crippen LogP contribution in [0.4, 0.5) is 34.1 Å². The zero-order valence-electron chi connectivity index (χ0n) is 28.5. The zero-order chi connectivity index (χ0) is 33.5. The van der Waals surface area contributed by atoms with Crippen molar-refractivity contribution >= 4 is 76.4 Å². The van der Waals surface area contributed by atoms with Gasteiger partial charge in [0, 0.05) is 54.0 Å². The Hall–Kier alpha value is -5.38. The van der Waals surface area contributed by atoms with Crippen LogP contribution in [0.25, 0.3) is 30.9 Å². The Morgan fingerprint density at radius 2 is 0.857 bits per heavy atom. The molecule has 0 saturated heterocycles. The summed E-state index contributed by atoms with van der Waals surface area (Å²) in [6.07, 6.45) is 0. The van der Waals surface area contributed by atoms with Gasteiger partial charge in [-0.05, 0) is 101 Å². The van der Waals surface area contributed by atoms with Gasteiger partial charge in [-0.3, -0.25) is 0 Å². The summed E-state index contributed by atoms with van der Waals surface area (Å²) in [5.41, 5.74) is 9.64. The molecule has 0 bridgehead atoms. The normalized spacial score (nSPS) is 11.6. The molecule has 8 rings (SSSR count). The molecule has 0 radical (unpaired) electrons. The number of rotatable bonds is 8. The smallest absolute Gasteiger partial charge is 0.0554 e. The molecule has 0 amide bonds. The molecule has 1 heterocycles. The number of anilines is 6. The summed E-state index contributed by atoms with van der Waals surface area (Å²) in [5, 5.41) is 5.10. The Bertz CT molecular complexity index is 2370. The lowest BCUT2D eigenvalue weighted by Gasteiger charge is -2.27. The number of fused-ring (bicyclic) bond motifs is 5. The summed E-state index contributed by atoms with van der Waals surface area (Å²) < 4.78 is 2.57. The zero-order valence-corrected chi connectivity index (χ0v) is 29.3. The molecule has 2 nitrogen and oxygen atoms in total. The molecule has 0 atom stereocenters. The van der Waals surface area contributed by atoms with Crippen molar-refractivity contribution in [1.29, 1.82) is 0 Å². The molecule has 0 unspecified atom stereocenters. The number of benzene rings is 7. The van der Waals surface area contributed by atoms with Gasteiger partial charge in [-0.2, -0.15) is 0 Å². The standard InChI is InChI=1S/C46H40N2S/c1-31(2)33-19-23-37(24-20-33)47(35-13-7-5-8-14-35)39-27-28-44-42(29-39)46-41-18-12-11-17-40(41)43(30-45(46)49-44)48(36-15-9-6-10-16-36)38-25-21-34(22-26-38)32(3)4/h5-32H,1-4H3. The molecule has 0 aliphatic rings. The van der Waals surface area contributed by atoms with Gasteiger partial charge in [0.2, 0.25) is 0 Å². The summed E-state index contributed by atoms with van der Waals surface area (Å²) in [5.74, 6) is 0.972. The molecule has 7 aromatic carbocycles. The monoisotopic (exact) mass is 652 g/mol. The molecule has 0 spiro atoms. The second-order valence-electron chi connectivity index (χ2n) is 13.4. The number of thiophene rings is 1. The fourth-order valence-corrected chi connectivity index (χ4v) is 8.12. The molecule has 0 aliphatic carbocycles. The van der Waals surface area contributed by atoms with Gasteiger partial charge in [-0.1, -0.05) is 113 Å². The van der Waals surface area contributed by atoms with Crippen molar-refractivity contribution in [2.75, 3.05) is 9.80 Å². The van der Waals surface area contributed by atoms with Gasteiger partial charge in [0.05, 0.1) is 5.69 Å². The van der Waals surface area contributed by atoms with Crippen molar-refractivity contribution in [2.24, 2.45) is 0 Å². The summed E-state index contributed by atoms with van der Waals surface area (Å²) in [6.45, 7) is 8.99. The van der Waals surface area contributed by atoms with Crippen LogP contribution in [0, 0.1) is 0 Å². The predicted octanol–water partition coefficient (Wildman–Crippen LogP) is 14.4. The van der Waals surface area contributed by atoms with Crippen molar-refractivity contribution in [2.45, 2.75) is 39.5 Å². The van der Waals surface area contributed by atoms with E-state index in [1.807, 2.05) is 11.3 Å². The Morgan fingerprint density at radius 1 is 0.388 bits per heavy atom. The van der Waals surface area contributed by atoms with Gasteiger partial charge < -0.3 is 9.80 Å². The maximum atomic E-state index is 2.42. The molecule has 0 saturated carbocycles. The quantitative estimate of drug-likeness (QED) is 0.161. The van der Waals surface area contributed by atoms with E-state index in [4.69, 9.17) is 0 Å². The van der Waals surface area contributed by atoms with E-state index < -0.39 is 0 Å². The average Bonchev–Trinajstić information content (AvgIpc) is 3.51. The van der Waals surface area contributed by atoms with Crippen LogP contribution >= 0.6 is 11.3 Å². The highest BCUT2D eigenvalue weighted by Gasteiger charge is 2.21. The molecule has 0 N–H and O–H groups in total. The topological polar surface area (TPSA) is 6.48 Å². The number of nitrogens with zero attached hydrogens (tertiary/aromatic N) is 2. The first-order chi connectivity index (χ1) is 24.0. The van der Waals surface area contributed by atoms with Crippen LogP contribution < -0.4 is 9.80 Å². The molecule has 0 aliphatic heterocycles. The van der Waals surface area contributed by atoms with Crippen molar-refractivity contribution in [1.82, 2.24) is 0 Å². The maximum Gasteiger partial charge on any atom is 0.0554 e. The highest BCUT2D eigenvalue weighted by Crippen LogP contribution is 2.48. The van der Waals surface area contributed by atoms with Crippen molar-refractivity contribution in [3.8, 4) is 0 Å². The van der Waals surface area contributed by atoms with E-state index in [-0.39, 0.29) is 0 Å². The molecule has 8 aromatic rings. The van der Waals surface area contributed by atoms with E-state index in [1.54, 1.807) is 0 Å². The Labute approximate surface area is 293 Å². The van der Waals surface area contributed by atoms with Crippen LogP contribution in [0.3, 0.4) is 0 Å². The SMILES string of the molecule is CC(C)c1ccc(N(c2ccccc2)c2ccc3sc4cc(N(c5ccccc5)c5ccc(C(C)C)cc5)c5ccccc5c4c3c2)cc1. The largest absolute Gasteiger partial charge is 0.310 e. The van der Waals surface area contributed by atoms with Crippen molar-refractivity contribution in [3.63, 3.8) is 0 Å². The molecule has 240 valence electrons. The first-order valence-corrected chi connectivity index (χ1v) is 18.1. The van der Waals surface area contributed by atoms with Gasteiger partial charge in [0.25, 0.3) is 0 Å². The third-order valence-corrected chi connectivity index (χ3v) is 10.7. The number of hydrogen-bond acceptors (Lipinski definition) is 3. The molecule has 49 heavy (non-hydrogen) atoms. The van der Waals surface area contributed by atoms with Crippen molar-refractivity contribution < 1.29 is 0 Å². The first kappa shape index (κ1) is 30.9. The van der Waals surface area contributed by atoms with Crippen LogP contribution in [0.5, 0.6) is 0 Å². The van der Waals surface area contributed by atoms with Gasteiger partial charge in [-0.15, -0.1) is 11.3 Å². The van der Waals surface area contributed by atoms with E-state index in [1.165, 1.54) is 47.8 Å². The summed E-state index contributed by atoms with van der Waals surface area (Å²) in [6, 6.07) is 57.9. The maximum absolute atomic E-state index is 2.42. The molecule has 3 heteroatoms. The van der Waals surface area contributed by atoms with Gasteiger partial charge in [0.1, 0.15) is 0 Å². The number of hydrogen-bond donors (Lipinski definition) is 0.